The van der Waals surface area contributed by atoms with Gasteiger partial charge in [-0.15, -0.1) is 0 Å². The first-order chi connectivity index (χ1) is 22.3. The molecule has 1 aromatic carbocycles. The van der Waals surface area contributed by atoms with Crippen LogP contribution in [0.5, 0.6) is 5.75 Å². The Morgan fingerprint density at radius 1 is 0.872 bits per heavy atom. The molecule has 0 aliphatic rings. The van der Waals surface area contributed by atoms with E-state index < -0.39 is 47.8 Å². The van der Waals surface area contributed by atoms with Gasteiger partial charge in [-0.05, 0) is 55.7 Å². The van der Waals surface area contributed by atoms with Crippen molar-refractivity contribution in [1.29, 1.82) is 0 Å². The topological polar surface area (TPSA) is 188 Å². The number of benzene rings is 1. The Hall–Kier alpha value is -3.73. The third-order valence-corrected chi connectivity index (χ3v) is 7.99. The Balaban J connectivity index is 2.82. The zero-order valence-corrected chi connectivity index (χ0v) is 28.2. The van der Waals surface area contributed by atoms with E-state index in [1.54, 1.807) is 24.3 Å². The van der Waals surface area contributed by atoms with E-state index in [4.69, 9.17) is 4.74 Å². The summed E-state index contributed by atoms with van der Waals surface area (Å²) in [5, 5.41) is 42.1. The lowest BCUT2D eigenvalue weighted by Gasteiger charge is -2.29. The summed E-state index contributed by atoms with van der Waals surface area (Å²) < 4.78 is 5.68. The molecule has 0 saturated heterocycles. The number of rotatable bonds is 27. The Bertz CT molecular complexity index is 1150. The van der Waals surface area contributed by atoms with Crippen molar-refractivity contribution in [2.45, 2.75) is 129 Å². The molecule has 264 valence electrons. The van der Waals surface area contributed by atoms with Crippen molar-refractivity contribution in [2.24, 2.45) is 11.8 Å². The minimum atomic E-state index is -3.01. The van der Waals surface area contributed by atoms with Crippen LogP contribution in [0.4, 0.5) is 0 Å². The molecule has 0 fully saturated rings. The van der Waals surface area contributed by atoms with Crippen LogP contribution >= 0.6 is 0 Å². The van der Waals surface area contributed by atoms with E-state index in [2.05, 4.69) is 26.1 Å². The predicted octanol–water partition coefficient (Wildman–Crippen LogP) is 5.96. The molecular formula is C36H55NO10. The maximum atomic E-state index is 13.3. The molecule has 0 radical (unpaired) electrons. The molecule has 11 heteroatoms. The summed E-state index contributed by atoms with van der Waals surface area (Å²) in [5.74, 6) is -6.58. The van der Waals surface area contributed by atoms with Gasteiger partial charge in [-0.25, -0.2) is 9.59 Å². The highest BCUT2D eigenvalue weighted by Crippen LogP contribution is 2.26. The van der Waals surface area contributed by atoms with E-state index >= 15 is 0 Å². The van der Waals surface area contributed by atoms with Crippen LogP contribution in [0.3, 0.4) is 0 Å². The van der Waals surface area contributed by atoms with Gasteiger partial charge in [0.1, 0.15) is 17.6 Å². The third kappa shape index (κ3) is 17.1. The summed E-state index contributed by atoms with van der Waals surface area (Å²) in [4.78, 5) is 60.9. The number of hydrogen-bond acceptors (Lipinski definition) is 7. The lowest BCUT2D eigenvalue weighted by molar-refractivity contribution is -0.172. The zero-order valence-electron chi connectivity index (χ0n) is 28.2. The second-order valence-corrected chi connectivity index (χ2v) is 12.6. The van der Waals surface area contributed by atoms with Gasteiger partial charge in [-0.1, -0.05) is 83.6 Å². The molecule has 0 aromatic heterocycles. The number of aliphatic carboxylic acids is 3. The largest absolute Gasteiger partial charge is 0.494 e. The standard InChI is InChI=1S/C36H55NO10/c1-4-5-6-9-12-15-28(38)16-13-10-7-8-11-14-17-30(36(46,35(44)45)25-32(39)40)33(41)37-31(34(42)43)24-27-18-20-29(21-19-27)47-23-22-26(2)3/h14,17-21,26,30-31,46H,4-13,15-16,22-25H2,1-3H3,(H,37,41)(H,39,40)(H,42,43)(H,44,45)/b17-14+/t30?,31-,36-/m0/s1. The normalized spacial score (nSPS) is 14.0. The molecule has 0 heterocycles. The van der Waals surface area contributed by atoms with Gasteiger partial charge < -0.3 is 30.5 Å². The highest BCUT2D eigenvalue weighted by Gasteiger charge is 2.49. The first-order valence-electron chi connectivity index (χ1n) is 16.9. The summed E-state index contributed by atoms with van der Waals surface area (Å²) in [5.41, 5.74) is -2.45. The van der Waals surface area contributed by atoms with Crippen LogP contribution in [-0.4, -0.2) is 68.3 Å². The van der Waals surface area contributed by atoms with Crippen LogP contribution in [0.1, 0.15) is 116 Å². The second-order valence-electron chi connectivity index (χ2n) is 12.6. The number of carbonyl (C=O) groups is 5. The average Bonchev–Trinajstić information content (AvgIpc) is 2.99. The Kier molecular flexibility index (Phi) is 20.0. The highest BCUT2D eigenvalue weighted by molar-refractivity contribution is 5.94. The molecule has 0 aliphatic carbocycles. The quantitative estimate of drug-likeness (QED) is 0.0556. The predicted molar refractivity (Wildman–Crippen MR) is 178 cm³/mol. The molecule has 5 N–H and O–H groups in total. The first-order valence-corrected chi connectivity index (χ1v) is 16.9. The third-order valence-electron chi connectivity index (χ3n) is 7.99. The maximum Gasteiger partial charge on any atom is 0.337 e. The van der Waals surface area contributed by atoms with Crippen LogP contribution in [0, 0.1) is 11.8 Å². The van der Waals surface area contributed by atoms with E-state index in [-0.39, 0.29) is 12.2 Å². The van der Waals surface area contributed by atoms with Crippen molar-refractivity contribution in [3.05, 3.63) is 42.0 Å². The fourth-order valence-corrected chi connectivity index (χ4v) is 5.07. The fraction of sp³-hybridized carbons (Fsp3) is 0.639. The molecule has 0 aliphatic heterocycles. The van der Waals surface area contributed by atoms with Gasteiger partial charge in [0.15, 0.2) is 5.60 Å². The van der Waals surface area contributed by atoms with Crippen LogP contribution in [-0.2, 0) is 30.4 Å². The Labute approximate surface area is 278 Å². The summed E-state index contributed by atoms with van der Waals surface area (Å²) in [6.07, 6.45) is 12.2. The van der Waals surface area contributed by atoms with Gasteiger partial charge >= 0.3 is 17.9 Å². The van der Waals surface area contributed by atoms with Crippen LogP contribution in [0.2, 0.25) is 0 Å². The summed E-state index contributed by atoms with van der Waals surface area (Å²) in [7, 11) is 0. The number of amides is 1. The molecule has 1 aromatic rings. The fourth-order valence-electron chi connectivity index (χ4n) is 5.07. The molecule has 47 heavy (non-hydrogen) atoms. The number of unbranched alkanes of at least 4 members (excludes halogenated alkanes) is 8. The summed E-state index contributed by atoms with van der Waals surface area (Å²) in [6.45, 7) is 6.84. The molecule has 11 nitrogen and oxygen atoms in total. The first kappa shape index (κ1) is 41.3. The molecule has 0 saturated carbocycles. The van der Waals surface area contributed by atoms with E-state index in [1.165, 1.54) is 12.5 Å². The van der Waals surface area contributed by atoms with Gasteiger partial charge in [-0.2, -0.15) is 0 Å². The SMILES string of the molecule is CCCCCCCC(=O)CCCCCC/C=C/C(C(=O)N[C@@H](Cc1ccc(OCCC(C)C)cc1)C(=O)O)[C@@](O)(CC(=O)O)C(=O)O. The highest BCUT2D eigenvalue weighted by atomic mass is 16.5. The Morgan fingerprint density at radius 2 is 1.47 bits per heavy atom. The van der Waals surface area contributed by atoms with E-state index in [0.29, 0.717) is 49.5 Å². The van der Waals surface area contributed by atoms with Gasteiger partial charge in [0.05, 0.1) is 18.9 Å². The minimum absolute atomic E-state index is 0.143. The maximum absolute atomic E-state index is 13.3. The molecular weight excluding hydrogens is 606 g/mol. The van der Waals surface area contributed by atoms with Crippen LogP contribution in [0.25, 0.3) is 0 Å². The number of nitrogens with one attached hydrogen (secondary N) is 1. The number of hydrogen-bond donors (Lipinski definition) is 5. The molecule has 1 amide bonds. The zero-order chi connectivity index (χ0) is 35.2. The number of ether oxygens (including phenoxy) is 1. The van der Waals surface area contributed by atoms with Crippen molar-refractivity contribution < 1.29 is 49.1 Å². The van der Waals surface area contributed by atoms with Crippen molar-refractivity contribution in [2.75, 3.05) is 6.61 Å². The van der Waals surface area contributed by atoms with Gasteiger partial charge in [0, 0.05) is 19.3 Å². The van der Waals surface area contributed by atoms with Crippen molar-refractivity contribution in [3.63, 3.8) is 0 Å². The van der Waals surface area contributed by atoms with Gasteiger partial charge in [0.25, 0.3) is 0 Å². The van der Waals surface area contributed by atoms with Gasteiger partial charge in [-0.3, -0.25) is 14.4 Å². The monoisotopic (exact) mass is 661 g/mol. The lowest BCUT2D eigenvalue weighted by Crippen LogP contribution is -2.55. The molecule has 0 bridgehead atoms. The number of carboxylic acid groups (broad SMARTS) is 3. The molecule has 0 spiro atoms. The van der Waals surface area contributed by atoms with E-state index in [0.717, 1.165) is 57.4 Å². The Morgan fingerprint density at radius 3 is 2.00 bits per heavy atom. The minimum Gasteiger partial charge on any atom is -0.494 e. The van der Waals surface area contributed by atoms with Crippen LogP contribution < -0.4 is 10.1 Å². The molecule has 1 rings (SSSR count). The van der Waals surface area contributed by atoms with Crippen molar-refractivity contribution >= 4 is 29.6 Å². The molecule has 3 atom stereocenters. The lowest BCUT2D eigenvalue weighted by atomic mass is 9.82. The number of aliphatic hydroxyl groups is 1. The number of carboxylic acids is 3. The van der Waals surface area contributed by atoms with E-state index in [1.807, 2.05) is 0 Å². The summed E-state index contributed by atoms with van der Waals surface area (Å²) >= 11 is 0. The smallest absolute Gasteiger partial charge is 0.337 e. The number of Topliss-reactive ketones (excluding diaryl/α,β-unsaturated/α-hetero) is 1. The molecule has 1 unspecified atom stereocenters. The number of ketones is 1. The van der Waals surface area contributed by atoms with E-state index in [9.17, 15) is 44.4 Å². The van der Waals surface area contributed by atoms with Gasteiger partial charge in [0.2, 0.25) is 5.91 Å². The summed E-state index contributed by atoms with van der Waals surface area (Å²) in [6, 6.07) is 5.21. The van der Waals surface area contributed by atoms with Crippen molar-refractivity contribution in [1.82, 2.24) is 5.32 Å². The van der Waals surface area contributed by atoms with Crippen molar-refractivity contribution in [3.8, 4) is 5.75 Å². The van der Waals surface area contributed by atoms with Crippen LogP contribution in [0.15, 0.2) is 36.4 Å². The average molecular weight is 662 g/mol. The second kappa shape index (κ2) is 22.7. The number of allylic oxidation sites excluding steroid dienone is 1. The number of carbonyl (C=O) groups excluding carboxylic acids is 2.